The Hall–Kier alpha value is -1.38. The van der Waals surface area contributed by atoms with Crippen LogP contribution in [-0.2, 0) is 4.74 Å². The zero-order chi connectivity index (χ0) is 11.5. The van der Waals surface area contributed by atoms with E-state index in [0.29, 0.717) is 0 Å². The lowest BCUT2D eigenvalue weighted by Crippen LogP contribution is -2.18. The van der Waals surface area contributed by atoms with Gasteiger partial charge in [0.15, 0.2) is 0 Å². The van der Waals surface area contributed by atoms with E-state index >= 15 is 0 Å². The summed E-state index contributed by atoms with van der Waals surface area (Å²) in [4.78, 5) is 0. The van der Waals surface area contributed by atoms with Crippen molar-refractivity contribution < 1.29 is 4.74 Å². The molecular formula is C14H19NO. The zero-order valence-corrected chi connectivity index (χ0v) is 9.73. The van der Waals surface area contributed by atoms with Gasteiger partial charge < -0.3 is 10.1 Å². The van der Waals surface area contributed by atoms with E-state index in [2.05, 4.69) is 29.6 Å². The largest absolute Gasteiger partial charge is 0.383 e. The van der Waals surface area contributed by atoms with Crippen LogP contribution in [0, 0.1) is 0 Å². The fourth-order valence-electron chi connectivity index (χ4n) is 1.24. The van der Waals surface area contributed by atoms with E-state index in [0.717, 1.165) is 19.7 Å². The maximum Gasteiger partial charge on any atom is 0.0587 e. The van der Waals surface area contributed by atoms with Crippen LogP contribution in [0.2, 0.25) is 0 Å². The number of methoxy groups -OCH3 is 1. The van der Waals surface area contributed by atoms with Crippen LogP contribution < -0.4 is 5.32 Å². The Morgan fingerprint density at radius 3 is 2.75 bits per heavy atom. The molecule has 0 aliphatic rings. The highest BCUT2D eigenvalue weighted by Gasteiger charge is 1.81. The second-order valence-electron chi connectivity index (χ2n) is 3.39. The van der Waals surface area contributed by atoms with E-state index in [9.17, 15) is 0 Å². The molecule has 2 nitrogen and oxygen atoms in total. The maximum absolute atomic E-state index is 4.93. The molecule has 2 heteroatoms. The first-order chi connectivity index (χ1) is 7.93. The summed E-state index contributed by atoms with van der Waals surface area (Å²) < 4.78 is 4.93. The quantitative estimate of drug-likeness (QED) is 0.559. The van der Waals surface area contributed by atoms with Crippen LogP contribution >= 0.6 is 0 Å². The van der Waals surface area contributed by atoms with Crippen LogP contribution in [0.3, 0.4) is 0 Å². The molecule has 0 amide bonds. The van der Waals surface area contributed by atoms with Crippen molar-refractivity contribution in [3.8, 4) is 0 Å². The molecule has 1 aromatic carbocycles. The second kappa shape index (κ2) is 8.89. The SMILES string of the molecule is COCCNCC=CC=Cc1ccccc1. The summed E-state index contributed by atoms with van der Waals surface area (Å²) in [5.41, 5.74) is 1.22. The molecule has 16 heavy (non-hydrogen) atoms. The van der Waals surface area contributed by atoms with Gasteiger partial charge in [0.2, 0.25) is 0 Å². The third-order valence-corrected chi connectivity index (χ3v) is 2.08. The number of hydrogen-bond donors (Lipinski definition) is 1. The van der Waals surface area contributed by atoms with Gasteiger partial charge in [-0.25, -0.2) is 0 Å². The van der Waals surface area contributed by atoms with E-state index in [4.69, 9.17) is 4.74 Å². The molecule has 86 valence electrons. The predicted octanol–water partition coefficient (Wildman–Crippen LogP) is 2.49. The van der Waals surface area contributed by atoms with Crippen molar-refractivity contribution in [1.29, 1.82) is 0 Å². The first-order valence-electron chi connectivity index (χ1n) is 5.51. The van der Waals surface area contributed by atoms with Gasteiger partial charge in [-0.1, -0.05) is 54.6 Å². The number of ether oxygens (including phenoxy) is 1. The smallest absolute Gasteiger partial charge is 0.0587 e. The summed E-state index contributed by atoms with van der Waals surface area (Å²) >= 11 is 0. The van der Waals surface area contributed by atoms with Crippen LogP contribution in [0.15, 0.2) is 48.6 Å². The van der Waals surface area contributed by atoms with Crippen molar-refractivity contribution in [1.82, 2.24) is 5.32 Å². The molecule has 0 saturated carbocycles. The topological polar surface area (TPSA) is 21.3 Å². The van der Waals surface area contributed by atoms with Crippen LogP contribution in [0.25, 0.3) is 6.08 Å². The van der Waals surface area contributed by atoms with Crippen molar-refractivity contribution >= 4 is 6.08 Å². The third kappa shape index (κ3) is 6.17. The van der Waals surface area contributed by atoms with Crippen molar-refractivity contribution in [2.75, 3.05) is 26.8 Å². The molecule has 0 spiro atoms. The Morgan fingerprint density at radius 2 is 2.00 bits per heavy atom. The minimum absolute atomic E-state index is 0.758. The molecule has 0 bridgehead atoms. The molecule has 0 aliphatic heterocycles. The summed E-state index contributed by atoms with van der Waals surface area (Å²) in [7, 11) is 1.71. The van der Waals surface area contributed by atoms with Crippen molar-refractivity contribution in [3.05, 3.63) is 54.1 Å². The van der Waals surface area contributed by atoms with Crippen LogP contribution in [0.1, 0.15) is 5.56 Å². The lowest BCUT2D eigenvalue weighted by molar-refractivity contribution is 0.200. The highest BCUT2D eigenvalue weighted by Crippen LogP contribution is 2.00. The number of benzene rings is 1. The highest BCUT2D eigenvalue weighted by atomic mass is 16.5. The third-order valence-electron chi connectivity index (χ3n) is 2.08. The minimum Gasteiger partial charge on any atom is -0.383 e. The standard InChI is InChI=1S/C14H19NO/c1-16-13-12-15-11-7-3-6-10-14-8-4-2-5-9-14/h2-10,15H,11-13H2,1H3. The summed E-state index contributed by atoms with van der Waals surface area (Å²) in [5.74, 6) is 0. The first kappa shape index (κ1) is 12.7. The summed E-state index contributed by atoms with van der Waals surface area (Å²) in [6, 6.07) is 10.3. The van der Waals surface area contributed by atoms with Gasteiger partial charge in [0.25, 0.3) is 0 Å². The number of allylic oxidation sites excluding steroid dienone is 2. The van der Waals surface area contributed by atoms with Crippen molar-refractivity contribution in [3.63, 3.8) is 0 Å². The number of hydrogen-bond acceptors (Lipinski definition) is 2. The predicted molar refractivity (Wildman–Crippen MR) is 69.4 cm³/mol. The van der Waals surface area contributed by atoms with Gasteiger partial charge in [-0.2, -0.15) is 0 Å². The highest BCUT2D eigenvalue weighted by molar-refractivity contribution is 5.50. The maximum atomic E-state index is 4.93. The number of nitrogens with one attached hydrogen (secondary N) is 1. The number of rotatable bonds is 7. The Morgan fingerprint density at radius 1 is 1.19 bits per heavy atom. The molecule has 0 fully saturated rings. The molecule has 1 aromatic rings. The van der Waals surface area contributed by atoms with Gasteiger partial charge in [-0.15, -0.1) is 0 Å². The Kier molecular flexibility index (Phi) is 7.05. The average molecular weight is 217 g/mol. The molecule has 1 rings (SSSR count). The molecule has 0 unspecified atom stereocenters. The van der Waals surface area contributed by atoms with Gasteiger partial charge in [-0.05, 0) is 5.56 Å². The zero-order valence-electron chi connectivity index (χ0n) is 9.73. The molecule has 1 N–H and O–H groups in total. The first-order valence-corrected chi connectivity index (χ1v) is 5.51. The van der Waals surface area contributed by atoms with Crippen LogP contribution in [0.4, 0.5) is 0 Å². The average Bonchev–Trinajstić information content (AvgIpc) is 2.34. The fraction of sp³-hybridized carbons (Fsp3) is 0.286. The van der Waals surface area contributed by atoms with Crippen LogP contribution in [0.5, 0.6) is 0 Å². The Labute approximate surface area is 97.6 Å². The lowest BCUT2D eigenvalue weighted by Gasteiger charge is -1.98. The van der Waals surface area contributed by atoms with Crippen molar-refractivity contribution in [2.24, 2.45) is 0 Å². The Balaban J connectivity index is 2.14. The van der Waals surface area contributed by atoms with E-state index in [1.165, 1.54) is 5.56 Å². The van der Waals surface area contributed by atoms with Gasteiger partial charge in [0.05, 0.1) is 6.61 Å². The van der Waals surface area contributed by atoms with E-state index in [-0.39, 0.29) is 0 Å². The van der Waals surface area contributed by atoms with Gasteiger partial charge in [0, 0.05) is 20.2 Å². The monoisotopic (exact) mass is 217 g/mol. The van der Waals surface area contributed by atoms with Gasteiger partial charge in [-0.3, -0.25) is 0 Å². The summed E-state index contributed by atoms with van der Waals surface area (Å²) in [6.07, 6.45) is 8.28. The molecule has 0 saturated heterocycles. The van der Waals surface area contributed by atoms with E-state index in [1.807, 2.05) is 30.4 Å². The normalized spacial score (nSPS) is 11.6. The minimum atomic E-state index is 0.758. The van der Waals surface area contributed by atoms with Gasteiger partial charge >= 0.3 is 0 Å². The summed E-state index contributed by atoms with van der Waals surface area (Å²) in [5, 5.41) is 3.24. The van der Waals surface area contributed by atoms with E-state index < -0.39 is 0 Å². The molecule has 0 aromatic heterocycles. The fourth-order valence-corrected chi connectivity index (χ4v) is 1.24. The molecule has 0 aliphatic carbocycles. The molecule has 0 heterocycles. The molecule has 0 atom stereocenters. The lowest BCUT2D eigenvalue weighted by atomic mass is 10.2. The van der Waals surface area contributed by atoms with Crippen LogP contribution in [-0.4, -0.2) is 26.8 Å². The van der Waals surface area contributed by atoms with E-state index in [1.54, 1.807) is 7.11 Å². The van der Waals surface area contributed by atoms with Gasteiger partial charge in [0.1, 0.15) is 0 Å². The molecule has 0 radical (unpaired) electrons. The Bertz CT molecular complexity index is 317. The summed E-state index contributed by atoms with van der Waals surface area (Å²) in [6.45, 7) is 2.53. The second-order valence-corrected chi connectivity index (χ2v) is 3.39. The molecular weight excluding hydrogens is 198 g/mol. The van der Waals surface area contributed by atoms with Crippen molar-refractivity contribution in [2.45, 2.75) is 0 Å².